The van der Waals surface area contributed by atoms with Crippen molar-refractivity contribution in [2.45, 2.75) is 63.3 Å². The van der Waals surface area contributed by atoms with Crippen molar-refractivity contribution in [3.8, 4) is 0 Å². The van der Waals surface area contributed by atoms with Gasteiger partial charge in [0.1, 0.15) is 11.7 Å². The SMILES string of the molecule is CCC(S)CCCCC1NC(=O)C(C(C)=O)C1O. The maximum atomic E-state index is 11.5. The Kier molecular flexibility index (Phi) is 6.15. The number of ketones is 1. The fourth-order valence-corrected chi connectivity index (χ4v) is 2.54. The largest absolute Gasteiger partial charge is 0.390 e. The van der Waals surface area contributed by atoms with Gasteiger partial charge in [-0.15, -0.1) is 0 Å². The van der Waals surface area contributed by atoms with Gasteiger partial charge < -0.3 is 10.4 Å². The van der Waals surface area contributed by atoms with E-state index in [9.17, 15) is 14.7 Å². The second-order valence-electron chi connectivity index (χ2n) is 5.04. The van der Waals surface area contributed by atoms with Gasteiger partial charge in [0.15, 0.2) is 0 Å². The molecule has 18 heavy (non-hydrogen) atoms. The van der Waals surface area contributed by atoms with E-state index >= 15 is 0 Å². The molecular formula is C13H23NO3S. The number of aliphatic hydroxyl groups is 1. The summed E-state index contributed by atoms with van der Waals surface area (Å²) >= 11 is 4.42. The van der Waals surface area contributed by atoms with Crippen LogP contribution < -0.4 is 5.32 Å². The van der Waals surface area contributed by atoms with E-state index in [-0.39, 0.29) is 17.7 Å². The van der Waals surface area contributed by atoms with Crippen molar-refractivity contribution in [1.29, 1.82) is 0 Å². The normalized spacial score (nSPS) is 29.1. The second-order valence-corrected chi connectivity index (χ2v) is 5.77. The molecule has 0 saturated carbocycles. The molecule has 0 aromatic carbocycles. The van der Waals surface area contributed by atoms with E-state index in [2.05, 4.69) is 24.9 Å². The summed E-state index contributed by atoms with van der Waals surface area (Å²) in [5, 5.41) is 13.1. The minimum Gasteiger partial charge on any atom is -0.390 e. The van der Waals surface area contributed by atoms with E-state index in [1.54, 1.807) is 0 Å². The molecule has 0 bridgehead atoms. The first-order valence-corrected chi connectivity index (χ1v) is 7.16. The Balaban J connectivity index is 2.32. The number of unbranched alkanes of at least 4 members (excludes halogenated alkanes) is 1. The van der Waals surface area contributed by atoms with E-state index in [0.29, 0.717) is 5.25 Å². The van der Waals surface area contributed by atoms with Crippen molar-refractivity contribution < 1.29 is 14.7 Å². The molecule has 104 valence electrons. The lowest BCUT2D eigenvalue weighted by Gasteiger charge is -2.16. The van der Waals surface area contributed by atoms with Crippen molar-refractivity contribution >= 4 is 24.3 Å². The maximum Gasteiger partial charge on any atom is 0.233 e. The van der Waals surface area contributed by atoms with Crippen LogP contribution in [0.3, 0.4) is 0 Å². The Morgan fingerprint density at radius 2 is 2.17 bits per heavy atom. The van der Waals surface area contributed by atoms with E-state index in [4.69, 9.17) is 0 Å². The molecule has 1 aliphatic heterocycles. The lowest BCUT2D eigenvalue weighted by molar-refractivity contribution is -0.132. The quantitative estimate of drug-likeness (QED) is 0.372. The number of nitrogens with one attached hydrogen (secondary N) is 1. The van der Waals surface area contributed by atoms with Crippen LogP contribution in [0.1, 0.15) is 46.0 Å². The van der Waals surface area contributed by atoms with Gasteiger partial charge in [-0.2, -0.15) is 12.6 Å². The molecule has 1 aliphatic rings. The van der Waals surface area contributed by atoms with Crippen LogP contribution in [-0.4, -0.2) is 34.2 Å². The fraction of sp³-hybridized carbons (Fsp3) is 0.846. The molecule has 1 saturated heterocycles. The zero-order valence-corrected chi connectivity index (χ0v) is 12.0. The van der Waals surface area contributed by atoms with Crippen molar-refractivity contribution in [3.05, 3.63) is 0 Å². The minimum absolute atomic E-state index is 0.260. The Bertz CT molecular complexity index is 309. The van der Waals surface area contributed by atoms with Crippen molar-refractivity contribution in [2.75, 3.05) is 0 Å². The molecule has 4 nitrogen and oxygen atoms in total. The Morgan fingerprint density at radius 1 is 1.50 bits per heavy atom. The van der Waals surface area contributed by atoms with Crippen LogP contribution in [0.15, 0.2) is 0 Å². The average molecular weight is 273 g/mol. The van der Waals surface area contributed by atoms with Crippen LogP contribution in [0.4, 0.5) is 0 Å². The number of thiol groups is 1. The standard InChI is InChI=1S/C13H23NO3S/c1-3-9(18)6-4-5-7-10-12(16)11(8(2)15)13(17)14-10/h9-12,16,18H,3-7H2,1-2H3,(H,14,17). The van der Waals surface area contributed by atoms with E-state index in [0.717, 1.165) is 32.1 Å². The predicted octanol–water partition coefficient (Wildman–Crippen LogP) is 1.32. The highest BCUT2D eigenvalue weighted by Gasteiger charge is 2.43. The highest BCUT2D eigenvalue weighted by Crippen LogP contribution is 2.22. The first-order chi connectivity index (χ1) is 8.47. The Labute approximate surface area is 114 Å². The van der Waals surface area contributed by atoms with Gasteiger partial charge in [0, 0.05) is 5.25 Å². The summed E-state index contributed by atoms with van der Waals surface area (Å²) in [6.45, 7) is 3.46. The summed E-state index contributed by atoms with van der Waals surface area (Å²) in [5.41, 5.74) is 0. The topological polar surface area (TPSA) is 66.4 Å². The van der Waals surface area contributed by atoms with Crippen molar-refractivity contribution in [3.63, 3.8) is 0 Å². The summed E-state index contributed by atoms with van der Waals surface area (Å²) in [5.74, 6) is -1.46. The zero-order chi connectivity index (χ0) is 13.7. The molecule has 1 amide bonds. The number of amides is 1. The zero-order valence-electron chi connectivity index (χ0n) is 11.1. The second kappa shape index (κ2) is 7.14. The summed E-state index contributed by atoms with van der Waals surface area (Å²) in [4.78, 5) is 22.8. The third-order valence-electron chi connectivity index (χ3n) is 3.58. The van der Waals surface area contributed by atoms with Crippen LogP contribution in [0.25, 0.3) is 0 Å². The van der Waals surface area contributed by atoms with Gasteiger partial charge in [-0.1, -0.05) is 19.8 Å². The molecule has 1 heterocycles. The molecule has 2 N–H and O–H groups in total. The third kappa shape index (κ3) is 3.99. The van der Waals surface area contributed by atoms with E-state index < -0.39 is 12.0 Å². The van der Waals surface area contributed by atoms with Gasteiger partial charge in [-0.25, -0.2) is 0 Å². The first-order valence-electron chi connectivity index (χ1n) is 6.64. The summed E-state index contributed by atoms with van der Waals surface area (Å²) in [7, 11) is 0. The van der Waals surface area contributed by atoms with Gasteiger partial charge in [0.25, 0.3) is 0 Å². The van der Waals surface area contributed by atoms with Crippen LogP contribution in [0, 0.1) is 5.92 Å². The highest BCUT2D eigenvalue weighted by molar-refractivity contribution is 7.80. The van der Waals surface area contributed by atoms with Crippen LogP contribution >= 0.6 is 12.6 Å². The average Bonchev–Trinajstić information content (AvgIpc) is 2.59. The van der Waals surface area contributed by atoms with E-state index in [1.807, 2.05) is 0 Å². The van der Waals surface area contributed by atoms with Gasteiger partial charge in [0.2, 0.25) is 5.91 Å². The lowest BCUT2D eigenvalue weighted by atomic mass is 9.95. The summed E-state index contributed by atoms with van der Waals surface area (Å²) in [6.07, 6.45) is 3.93. The van der Waals surface area contributed by atoms with E-state index in [1.165, 1.54) is 6.92 Å². The summed E-state index contributed by atoms with van der Waals surface area (Å²) in [6, 6.07) is -0.272. The number of hydrogen-bond acceptors (Lipinski definition) is 4. The monoisotopic (exact) mass is 273 g/mol. The lowest BCUT2D eigenvalue weighted by Crippen LogP contribution is -2.32. The predicted molar refractivity (Wildman–Crippen MR) is 73.6 cm³/mol. The smallest absolute Gasteiger partial charge is 0.233 e. The number of rotatable bonds is 7. The molecule has 4 atom stereocenters. The van der Waals surface area contributed by atoms with Crippen molar-refractivity contribution in [2.24, 2.45) is 5.92 Å². The van der Waals surface area contributed by atoms with Crippen molar-refractivity contribution in [1.82, 2.24) is 5.32 Å². The Hall–Kier alpha value is -0.550. The van der Waals surface area contributed by atoms with Gasteiger partial charge in [-0.3, -0.25) is 9.59 Å². The van der Waals surface area contributed by atoms with Gasteiger partial charge >= 0.3 is 0 Å². The molecule has 0 aromatic rings. The highest BCUT2D eigenvalue weighted by atomic mass is 32.1. The molecule has 4 unspecified atom stereocenters. The number of Topliss-reactive ketones (excluding diaryl/α,β-unsaturated/α-hetero) is 1. The molecule has 1 fully saturated rings. The molecule has 0 aromatic heterocycles. The van der Waals surface area contributed by atoms with Crippen LogP contribution in [-0.2, 0) is 9.59 Å². The number of hydrogen-bond donors (Lipinski definition) is 3. The fourth-order valence-electron chi connectivity index (χ4n) is 2.36. The Morgan fingerprint density at radius 3 is 2.67 bits per heavy atom. The molecule has 0 aliphatic carbocycles. The molecule has 5 heteroatoms. The van der Waals surface area contributed by atoms with Gasteiger partial charge in [0.05, 0.1) is 12.1 Å². The van der Waals surface area contributed by atoms with Crippen LogP contribution in [0.5, 0.6) is 0 Å². The third-order valence-corrected chi connectivity index (χ3v) is 4.20. The molecule has 0 radical (unpaired) electrons. The van der Waals surface area contributed by atoms with Gasteiger partial charge in [-0.05, 0) is 26.2 Å². The number of carbonyl (C=O) groups is 2. The molecular weight excluding hydrogens is 250 g/mol. The maximum absolute atomic E-state index is 11.5. The molecule has 0 spiro atoms. The first kappa shape index (κ1) is 15.5. The summed E-state index contributed by atoms with van der Waals surface area (Å²) < 4.78 is 0. The minimum atomic E-state index is -0.872. The van der Waals surface area contributed by atoms with Crippen LogP contribution in [0.2, 0.25) is 0 Å². The molecule has 1 rings (SSSR count). The number of aliphatic hydroxyl groups excluding tert-OH is 1. The number of carbonyl (C=O) groups excluding carboxylic acids is 2.